The molecular formula is C17H30N6O2. The average molecular weight is 350 g/mol. The van der Waals surface area contributed by atoms with Crippen LogP contribution in [0.15, 0.2) is 0 Å². The van der Waals surface area contributed by atoms with Gasteiger partial charge >= 0.3 is 0 Å². The number of tetrazole rings is 1. The molecule has 2 aliphatic rings. The highest BCUT2D eigenvalue weighted by Crippen LogP contribution is 2.15. The first-order chi connectivity index (χ1) is 12.3. The van der Waals surface area contributed by atoms with Gasteiger partial charge in [0.15, 0.2) is 5.82 Å². The summed E-state index contributed by atoms with van der Waals surface area (Å²) in [4.78, 5) is 14.6. The van der Waals surface area contributed by atoms with Crippen LogP contribution in [-0.2, 0) is 22.6 Å². The molecule has 2 saturated heterocycles. The largest absolute Gasteiger partial charge is 0.378 e. The number of nitrogens with zero attached hydrogens (tertiary/aromatic N) is 5. The summed E-state index contributed by atoms with van der Waals surface area (Å²) >= 11 is 0. The van der Waals surface area contributed by atoms with Crippen LogP contribution in [0.4, 0.5) is 0 Å². The van der Waals surface area contributed by atoms with Crippen molar-refractivity contribution in [2.75, 3.05) is 26.2 Å². The summed E-state index contributed by atoms with van der Waals surface area (Å²) in [5.74, 6) is 0.730. The molecule has 0 saturated carbocycles. The van der Waals surface area contributed by atoms with E-state index in [2.05, 4.69) is 25.7 Å². The van der Waals surface area contributed by atoms with E-state index in [1.165, 1.54) is 32.1 Å². The SMILES string of the molecule is O=C(Cn1nnnc1CN1CCCCCC1)NCCC1CCCCO1. The van der Waals surface area contributed by atoms with Crippen LogP contribution in [0.5, 0.6) is 0 Å². The van der Waals surface area contributed by atoms with Gasteiger partial charge in [0.25, 0.3) is 0 Å². The Kier molecular flexibility index (Phi) is 7.17. The van der Waals surface area contributed by atoms with Gasteiger partial charge in [0.1, 0.15) is 6.54 Å². The van der Waals surface area contributed by atoms with Crippen molar-refractivity contribution in [2.45, 2.75) is 70.6 Å². The molecule has 2 fully saturated rings. The van der Waals surface area contributed by atoms with E-state index in [-0.39, 0.29) is 12.5 Å². The number of ether oxygens (including phenoxy) is 1. The second-order valence-electron chi connectivity index (χ2n) is 7.07. The van der Waals surface area contributed by atoms with E-state index in [1.807, 2.05) is 0 Å². The van der Waals surface area contributed by atoms with Crippen LogP contribution in [0.3, 0.4) is 0 Å². The summed E-state index contributed by atoms with van der Waals surface area (Å²) in [6, 6.07) is 0. The van der Waals surface area contributed by atoms with Gasteiger partial charge in [-0.25, -0.2) is 4.68 Å². The molecule has 1 unspecified atom stereocenters. The van der Waals surface area contributed by atoms with Crippen molar-refractivity contribution >= 4 is 5.91 Å². The maximum absolute atomic E-state index is 12.2. The van der Waals surface area contributed by atoms with Crippen molar-refractivity contribution < 1.29 is 9.53 Å². The number of aromatic nitrogens is 4. The molecule has 25 heavy (non-hydrogen) atoms. The van der Waals surface area contributed by atoms with Crippen LogP contribution in [-0.4, -0.2) is 63.4 Å². The minimum atomic E-state index is -0.0415. The highest BCUT2D eigenvalue weighted by Gasteiger charge is 2.17. The fourth-order valence-electron chi connectivity index (χ4n) is 3.55. The first kappa shape index (κ1) is 18.3. The second kappa shape index (κ2) is 9.82. The predicted octanol–water partition coefficient (Wildman–Crippen LogP) is 1.12. The summed E-state index contributed by atoms with van der Waals surface area (Å²) < 4.78 is 7.31. The number of amides is 1. The van der Waals surface area contributed by atoms with Gasteiger partial charge in [0, 0.05) is 13.2 Å². The summed E-state index contributed by atoms with van der Waals surface area (Å²) in [6.45, 7) is 4.56. The molecular weight excluding hydrogens is 320 g/mol. The summed E-state index contributed by atoms with van der Waals surface area (Å²) in [5, 5.41) is 14.8. The van der Waals surface area contributed by atoms with Crippen molar-refractivity contribution in [2.24, 2.45) is 0 Å². The van der Waals surface area contributed by atoms with Crippen molar-refractivity contribution in [1.82, 2.24) is 30.4 Å². The third-order valence-electron chi connectivity index (χ3n) is 5.03. The molecule has 8 nitrogen and oxygen atoms in total. The fraction of sp³-hybridized carbons (Fsp3) is 0.882. The number of rotatable bonds is 7. The smallest absolute Gasteiger partial charge is 0.241 e. The van der Waals surface area contributed by atoms with Crippen LogP contribution in [0.2, 0.25) is 0 Å². The Morgan fingerprint density at radius 2 is 2.00 bits per heavy atom. The number of hydrogen-bond donors (Lipinski definition) is 1. The molecule has 8 heteroatoms. The summed E-state index contributed by atoms with van der Waals surface area (Å²) in [6.07, 6.45) is 9.70. The number of carbonyl (C=O) groups is 1. The Hall–Kier alpha value is -1.54. The zero-order valence-corrected chi connectivity index (χ0v) is 15.0. The minimum Gasteiger partial charge on any atom is -0.378 e. The van der Waals surface area contributed by atoms with E-state index in [9.17, 15) is 4.79 Å². The molecule has 3 heterocycles. The average Bonchev–Trinajstić information content (AvgIpc) is 2.89. The summed E-state index contributed by atoms with van der Waals surface area (Å²) in [7, 11) is 0. The molecule has 0 aliphatic carbocycles. The first-order valence-electron chi connectivity index (χ1n) is 9.67. The molecule has 0 radical (unpaired) electrons. The lowest BCUT2D eigenvalue weighted by atomic mass is 10.1. The van der Waals surface area contributed by atoms with E-state index < -0.39 is 0 Å². The molecule has 0 bridgehead atoms. The van der Waals surface area contributed by atoms with Crippen molar-refractivity contribution in [3.63, 3.8) is 0 Å². The number of hydrogen-bond acceptors (Lipinski definition) is 6. The Morgan fingerprint density at radius 3 is 2.76 bits per heavy atom. The molecule has 1 aromatic heterocycles. The quantitative estimate of drug-likeness (QED) is 0.793. The van der Waals surface area contributed by atoms with Crippen LogP contribution in [0, 0.1) is 0 Å². The molecule has 2 aliphatic heterocycles. The zero-order chi connectivity index (χ0) is 17.3. The van der Waals surface area contributed by atoms with Gasteiger partial charge in [-0.2, -0.15) is 0 Å². The Morgan fingerprint density at radius 1 is 1.16 bits per heavy atom. The van der Waals surface area contributed by atoms with Gasteiger partial charge in [-0.1, -0.05) is 12.8 Å². The molecule has 0 aromatic carbocycles. The molecule has 1 aromatic rings. The summed E-state index contributed by atoms with van der Waals surface area (Å²) in [5.41, 5.74) is 0. The Labute approximate surface area is 149 Å². The maximum Gasteiger partial charge on any atom is 0.241 e. The van der Waals surface area contributed by atoms with E-state index in [4.69, 9.17) is 4.74 Å². The minimum absolute atomic E-state index is 0.0415. The monoisotopic (exact) mass is 350 g/mol. The zero-order valence-electron chi connectivity index (χ0n) is 15.0. The van der Waals surface area contributed by atoms with Crippen LogP contribution < -0.4 is 5.32 Å². The maximum atomic E-state index is 12.2. The lowest BCUT2D eigenvalue weighted by Crippen LogP contribution is -2.33. The van der Waals surface area contributed by atoms with Crippen molar-refractivity contribution in [1.29, 1.82) is 0 Å². The molecule has 1 atom stereocenters. The number of likely N-dealkylation sites (tertiary alicyclic amines) is 1. The van der Waals surface area contributed by atoms with Gasteiger partial charge in [-0.05, 0) is 62.0 Å². The van der Waals surface area contributed by atoms with Crippen LogP contribution in [0.1, 0.15) is 57.2 Å². The predicted molar refractivity (Wildman–Crippen MR) is 92.8 cm³/mol. The van der Waals surface area contributed by atoms with Crippen LogP contribution >= 0.6 is 0 Å². The molecule has 3 rings (SSSR count). The van der Waals surface area contributed by atoms with E-state index in [1.54, 1.807) is 4.68 Å². The van der Waals surface area contributed by atoms with E-state index >= 15 is 0 Å². The lowest BCUT2D eigenvalue weighted by molar-refractivity contribution is -0.122. The third kappa shape index (κ3) is 6.04. The normalized spacial score (nSPS) is 22.5. The fourth-order valence-corrected chi connectivity index (χ4v) is 3.55. The van der Waals surface area contributed by atoms with E-state index in [0.29, 0.717) is 12.6 Å². The molecule has 140 valence electrons. The highest BCUT2D eigenvalue weighted by atomic mass is 16.5. The molecule has 0 spiro atoms. The number of nitrogens with one attached hydrogen (secondary N) is 1. The van der Waals surface area contributed by atoms with E-state index in [0.717, 1.165) is 51.3 Å². The van der Waals surface area contributed by atoms with Gasteiger partial charge in [0.05, 0.1) is 12.6 Å². The standard InChI is InChI=1S/C17H30N6O2/c24-17(18-9-8-15-7-3-6-12-25-15)14-23-16(19-20-21-23)13-22-10-4-1-2-5-11-22/h15H,1-14H2,(H,18,24). The lowest BCUT2D eigenvalue weighted by Gasteiger charge is -2.22. The second-order valence-corrected chi connectivity index (χ2v) is 7.07. The highest BCUT2D eigenvalue weighted by molar-refractivity contribution is 5.75. The van der Waals surface area contributed by atoms with Gasteiger partial charge < -0.3 is 10.1 Å². The first-order valence-corrected chi connectivity index (χ1v) is 9.67. The molecule has 1 N–H and O–H groups in total. The topological polar surface area (TPSA) is 85.2 Å². The Balaban J connectivity index is 1.41. The van der Waals surface area contributed by atoms with Crippen molar-refractivity contribution in [3.8, 4) is 0 Å². The van der Waals surface area contributed by atoms with Gasteiger partial charge in [-0.3, -0.25) is 9.69 Å². The Bertz CT molecular complexity index is 521. The number of carbonyl (C=O) groups excluding carboxylic acids is 1. The van der Waals surface area contributed by atoms with Gasteiger partial charge in [0.2, 0.25) is 5.91 Å². The third-order valence-corrected chi connectivity index (χ3v) is 5.03. The van der Waals surface area contributed by atoms with Gasteiger partial charge in [-0.15, -0.1) is 5.10 Å². The molecule has 1 amide bonds. The van der Waals surface area contributed by atoms with Crippen molar-refractivity contribution in [3.05, 3.63) is 5.82 Å². The van der Waals surface area contributed by atoms with Crippen LogP contribution in [0.25, 0.3) is 0 Å².